The smallest absolute Gasteiger partial charge is 0.398 e. The standard InChI is InChI=1S/C18H33NO3Si/c1-8-20-23(21-9-2,22-10-3)18-15(13(4)5)11-12-16(19)17(18)14(6)7/h11-14H,8-10,19H2,1-7H3. The molecule has 5 heteroatoms. The molecule has 23 heavy (non-hydrogen) atoms. The number of hydrogen-bond donors (Lipinski definition) is 1. The first-order chi connectivity index (χ1) is 10.8. The van der Waals surface area contributed by atoms with Crippen molar-refractivity contribution in [2.45, 2.75) is 60.3 Å². The van der Waals surface area contributed by atoms with E-state index in [-0.39, 0.29) is 5.92 Å². The summed E-state index contributed by atoms with van der Waals surface area (Å²) >= 11 is 0. The summed E-state index contributed by atoms with van der Waals surface area (Å²) < 4.78 is 18.5. The van der Waals surface area contributed by atoms with Gasteiger partial charge in [0, 0.05) is 30.7 Å². The molecule has 0 radical (unpaired) electrons. The molecule has 1 aromatic rings. The maximum Gasteiger partial charge on any atom is 0.537 e. The summed E-state index contributed by atoms with van der Waals surface area (Å²) in [7, 11) is -3.00. The Morgan fingerprint density at radius 2 is 1.35 bits per heavy atom. The molecule has 0 bridgehead atoms. The van der Waals surface area contributed by atoms with Gasteiger partial charge in [-0.2, -0.15) is 0 Å². The molecule has 0 unspecified atom stereocenters. The summed E-state index contributed by atoms with van der Waals surface area (Å²) in [5.74, 6) is 0.619. The Labute approximate surface area is 142 Å². The van der Waals surface area contributed by atoms with Crippen molar-refractivity contribution in [3.8, 4) is 0 Å². The van der Waals surface area contributed by atoms with E-state index in [1.54, 1.807) is 0 Å². The number of anilines is 1. The van der Waals surface area contributed by atoms with Crippen molar-refractivity contribution >= 4 is 19.7 Å². The number of benzene rings is 1. The van der Waals surface area contributed by atoms with Gasteiger partial charge in [-0.05, 0) is 49.8 Å². The normalized spacial score (nSPS) is 12.4. The van der Waals surface area contributed by atoms with Crippen LogP contribution < -0.4 is 10.9 Å². The lowest BCUT2D eigenvalue weighted by atomic mass is 9.94. The molecular formula is C18H33NO3Si. The quantitative estimate of drug-likeness (QED) is 0.549. The zero-order valence-corrected chi connectivity index (χ0v) is 16.7. The molecule has 0 aliphatic rings. The van der Waals surface area contributed by atoms with Crippen molar-refractivity contribution in [1.29, 1.82) is 0 Å². The van der Waals surface area contributed by atoms with E-state index in [9.17, 15) is 0 Å². The molecule has 0 heterocycles. The van der Waals surface area contributed by atoms with Crippen molar-refractivity contribution < 1.29 is 13.3 Å². The van der Waals surface area contributed by atoms with Gasteiger partial charge in [-0.25, -0.2) is 0 Å². The predicted octanol–water partition coefficient (Wildman–Crippen LogP) is 3.77. The molecule has 0 saturated carbocycles. The van der Waals surface area contributed by atoms with E-state index in [4.69, 9.17) is 19.0 Å². The van der Waals surface area contributed by atoms with Crippen molar-refractivity contribution in [3.05, 3.63) is 23.3 Å². The van der Waals surface area contributed by atoms with Crippen molar-refractivity contribution in [1.82, 2.24) is 0 Å². The van der Waals surface area contributed by atoms with Crippen molar-refractivity contribution in [2.24, 2.45) is 0 Å². The second-order valence-corrected chi connectivity index (χ2v) is 8.68. The molecule has 0 amide bonds. The highest BCUT2D eigenvalue weighted by Crippen LogP contribution is 2.29. The minimum atomic E-state index is -3.00. The molecule has 4 nitrogen and oxygen atoms in total. The van der Waals surface area contributed by atoms with Crippen LogP contribution in [0.4, 0.5) is 5.69 Å². The van der Waals surface area contributed by atoms with Crippen LogP contribution in [0.25, 0.3) is 0 Å². The summed E-state index contributed by atoms with van der Waals surface area (Å²) in [4.78, 5) is 0. The minimum Gasteiger partial charge on any atom is -0.398 e. The number of rotatable bonds is 9. The second kappa shape index (κ2) is 8.83. The Kier molecular flexibility index (Phi) is 7.74. The fourth-order valence-electron chi connectivity index (χ4n) is 3.01. The average Bonchev–Trinajstić information content (AvgIpc) is 2.46. The third-order valence-corrected chi connectivity index (χ3v) is 7.00. The predicted molar refractivity (Wildman–Crippen MR) is 99.3 cm³/mol. The van der Waals surface area contributed by atoms with Gasteiger partial charge in [0.2, 0.25) is 0 Å². The summed E-state index contributed by atoms with van der Waals surface area (Å²) in [5, 5.41) is 1.08. The maximum atomic E-state index is 6.33. The Bertz CT molecular complexity index is 486. The Balaban J connectivity index is 3.75. The van der Waals surface area contributed by atoms with Gasteiger partial charge < -0.3 is 19.0 Å². The highest BCUT2D eigenvalue weighted by molar-refractivity contribution is 6.76. The highest BCUT2D eigenvalue weighted by Gasteiger charge is 2.47. The minimum absolute atomic E-state index is 0.275. The second-order valence-electron chi connectivity index (χ2n) is 6.20. The Morgan fingerprint density at radius 3 is 1.70 bits per heavy atom. The van der Waals surface area contributed by atoms with E-state index in [1.165, 1.54) is 5.56 Å². The molecule has 1 aromatic carbocycles. The molecule has 0 aliphatic carbocycles. The summed E-state index contributed by atoms with van der Waals surface area (Å²) in [6, 6.07) is 4.09. The van der Waals surface area contributed by atoms with Gasteiger partial charge in [0.05, 0.1) is 0 Å². The first-order valence-electron chi connectivity index (χ1n) is 8.69. The third kappa shape index (κ3) is 4.35. The molecule has 2 N–H and O–H groups in total. The lowest BCUT2D eigenvalue weighted by Crippen LogP contribution is -2.59. The Morgan fingerprint density at radius 1 is 0.870 bits per heavy atom. The van der Waals surface area contributed by atoms with Gasteiger partial charge in [-0.3, -0.25) is 0 Å². The zero-order valence-electron chi connectivity index (χ0n) is 15.7. The van der Waals surface area contributed by atoms with E-state index in [0.29, 0.717) is 25.7 Å². The van der Waals surface area contributed by atoms with Crippen LogP contribution in [0.2, 0.25) is 0 Å². The van der Waals surface area contributed by atoms with Crippen LogP contribution in [0.5, 0.6) is 0 Å². The van der Waals surface area contributed by atoms with Crippen LogP contribution in [0.1, 0.15) is 71.4 Å². The fourth-order valence-corrected chi connectivity index (χ4v) is 6.32. The first kappa shape index (κ1) is 20.2. The maximum absolute atomic E-state index is 6.33. The van der Waals surface area contributed by atoms with E-state index >= 15 is 0 Å². The highest BCUT2D eigenvalue weighted by atomic mass is 28.4. The molecule has 132 valence electrons. The van der Waals surface area contributed by atoms with Crippen LogP contribution >= 0.6 is 0 Å². The topological polar surface area (TPSA) is 53.7 Å². The van der Waals surface area contributed by atoms with E-state index in [1.807, 2.05) is 26.8 Å². The van der Waals surface area contributed by atoms with Gasteiger partial charge in [-0.15, -0.1) is 0 Å². The molecule has 0 fully saturated rings. The van der Waals surface area contributed by atoms with Gasteiger partial charge in [0.1, 0.15) is 0 Å². The SMILES string of the molecule is CCO[Si](OCC)(OCC)c1c(C(C)C)ccc(N)c1C(C)C. The lowest BCUT2D eigenvalue weighted by Gasteiger charge is -2.34. The molecule has 0 spiro atoms. The average molecular weight is 340 g/mol. The zero-order chi connectivity index (χ0) is 17.6. The van der Waals surface area contributed by atoms with Gasteiger partial charge in [0.15, 0.2) is 0 Å². The van der Waals surface area contributed by atoms with Crippen LogP contribution in [0.15, 0.2) is 12.1 Å². The first-order valence-corrected chi connectivity index (χ1v) is 10.4. The monoisotopic (exact) mass is 339 g/mol. The molecule has 0 aromatic heterocycles. The molecule has 0 aliphatic heterocycles. The van der Waals surface area contributed by atoms with Gasteiger partial charge >= 0.3 is 8.80 Å². The molecular weight excluding hydrogens is 306 g/mol. The number of nitrogen functional groups attached to an aromatic ring is 1. The van der Waals surface area contributed by atoms with E-state index in [0.717, 1.165) is 16.4 Å². The van der Waals surface area contributed by atoms with Crippen molar-refractivity contribution in [3.63, 3.8) is 0 Å². The number of nitrogens with two attached hydrogens (primary N) is 1. The molecule has 1 rings (SSSR count). The third-order valence-electron chi connectivity index (χ3n) is 3.82. The van der Waals surface area contributed by atoms with Crippen LogP contribution in [0, 0.1) is 0 Å². The van der Waals surface area contributed by atoms with E-state index in [2.05, 4.69) is 33.8 Å². The van der Waals surface area contributed by atoms with Gasteiger partial charge in [-0.1, -0.05) is 33.8 Å². The summed E-state index contributed by atoms with van der Waals surface area (Å²) in [6.45, 7) is 16.3. The Hall–Kier alpha value is -0.883. The van der Waals surface area contributed by atoms with Crippen LogP contribution in [-0.4, -0.2) is 28.6 Å². The fraction of sp³-hybridized carbons (Fsp3) is 0.667. The number of hydrogen-bond acceptors (Lipinski definition) is 4. The van der Waals surface area contributed by atoms with Gasteiger partial charge in [0.25, 0.3) is 0 Å². The summed E-state index contributed by atoms with van der Waals surface area (Å²) in [6.07, 6.45) is 0. The largest absolute Gasteiger partial charge is 0.537 e. The molecule has 0 saturated heterocycles. The van der Waals surface area contributed by atoms with E-state index < -0.39 is 8.80 Å². The summed E-state index contributed by atoms with van der Waals surface area (Å²) in [5.41, 5.74) is 9.44. The van der Waals surface area contributed by atoms with Crippen LogP contribution in [0.3, 0.4) is 0 Å². The van der Waals surface area contributed by atoms with Crippen molar-refractivity contribution in [2.75, 3.05) is 25.6 Å². The lowest BCUT2D eigenvalue weighted by molar-refractivity contribution is 0.0854. The molecule has 0 atom stereocenters. The van der Waals surface area contributed by atoms with Crippen LogP contribution in [-0.2, 0) is 13.3 Å².